The molecule has 86 valence electrons. The summed E-state index contributed by atoms with van der Waals surface area (Å²) in [6.45, 7) is 3.04. The molecule has 5 nitrogen and oxygen atoms in total. The van der Waals surface area contributed by atoms with Crippen molar-refractivity contribution in [1.29, 1.82) is 0 Å². The zero-order chi connectivity index (χ0) is 11.1. The normalized spacial score (nSPS) is 20.9. The van der Waals surface area contributed by atoms with E-state index >= 15 is 0 Å². The zero-order valence-corrected chi connectivity index (χ0v) is 9.07. The van der Waals surface area contributed by atoms with Gasteiger partial charge >= 0.3 is 6.09 Å². The molecule has 0 bridgehead atoms. The summed E-state index contributed by atoms with van der Waals surface area (Å²) in [7, 11) is 0. The number of carbonyl (C=O) groups excluding carboxylic acids is 2. The SMILES string of the molecule is CCCOC(=O)N1CCCCC1NC=O. The Morgan fingerprint density at radius 3 is 3.07 bits per heavy atom. The molecule has 1 atom stereocenters. The van der Waals surface area contributed by atoms with Crippen molar-refractivity contribution in [3.8, 4) is 0 Å². The first kappa shape index (κ1) is 11.8. The molecule has 0 radical (unpaired) electrons. The molecule has 5 heteroatoms. The van der Waals surface area contributed by atoms with Crippen molar-refractivity contribution in [2.24, 2.45) is 0 Å². The van der Waals surface area contributed by atoms with Crippen LogP contribution in [0, 0.1) is 0 Å². The number of nitrogens with one attached hydrogen (secondary N) is 1. The van der Waals surface area contributed by atoms with Gasteiger partial charge in [0.15, 0.2) is 0 Å². The molecule has 0 aliphatic carbocycles. The maximum Gasteiger partial charge on any atom is 0.411 e. The maximum atomic E-state index is 11.6. The predicted molar refractivity (Wildman–Crippen MR) is 55.2 cm³/mol. The van der Waals surface area contributed by atoms with Crippen LogP contribution < -0.4 is 5.32 Å². The molecule has 0 aromatic rings. The van der Waals surface area contributed by atoms with Gasteiger partial charge in [0, 0.05) is 6.54 Å². The number of amides is 2. The Hall–Kier alpha value is -1.26. The summed E-state index contributed by atoms with van der Waals surface area (Å²) in [6, 6.07) is 0. The van der Waals surface area contributed by atoms with Crippen LogP contribution in [0.4, 0.5) is 4.79 Å². The van der Waals surface area contributed by atoms with E-state index in [4.69, 9.17) is 4.74 Å². The van der Waals surface area contributed by atoms with Gasteiger partial charge in [-0.05, 0) is 25.7 Å². The Bertz CT molecular complexity index is 221. The highest BCUT2D eigenvalue weighted by atomic mass is 16.6. The minimum Gasteiger partial charge on any atom is -0.449 e. The minimum absolute atomic E-state index is 0.194. The Balaban J connectivity index is 2.47. The molecule has 1 N–H and O–H groups in total. The smallest absolute Gasteiger partial charge is 0.411 e. The first-order chi connectivity index (χ1) is 7.29. The van der Waals surface area contributed by atoms with Crippen LogP contribution in [0.25, 0.3) is 0 Å². The summed E-state index contributed by atoms with van der Waals surface area (Å²) in [5.74, 6) is 0. The van der Waals surface area contributed by atoms with Crippen LogP contribution in [0.2, 0.25) is 0 Å². The zero-order valence-electron chi connectivity index (χ0n) is 9.07. The van der Waals surface area contributed by atoms with Gasteiger partial charge in [-0.25, -0.2) is 4.79 Å². The number of rotatable bonds is 4. The van der Waals surface area contributed by atoms with Gasteiger partial charge in [-0.15, -0.1) is 0 Å². The van der Waals surface area contributed by atoms with Crippen LogP contribution in [0.1, 0.15) is 32.6 Å². The topological polar surface area (TPSA) is 58.6 Å². The number of hydrogen-bond acceptors (Lipinski definition) is 3. The summed E-state index contributed by atoms with van der Waals surface area (Å²) >= 11 is 0. The molecule has 1 unspecified atom stereocenters. The lowest BCUT2D eigenvalue weighted by Gasteiger charge is -2.34. The Labute approximate surface area is 89.8 Å². The number of nitrogens with zero attached hydrogens (tertiary/aromatic N) is 1. The third-order valence-electron chi connectivity index (χ3n) is 2.43. The third-order valence-corrected chi connectivity index (χ3v) is 2.43. The van der Waals surface area contributed by atoms with Crippen molar-refractivity contribution >= 4 is 12.5 Å². The van der Waals surface area contributed by atoms with E-state index in [0.717, 1.165) is 25.7 Å². The van der Waals surface area contributed by atoms with Gasteiger partial charge < -0.3 is 10.1 Å². The Morgan fingerprint density at radius 2 is 2.40 bits per heavy atom. The van der Waals surface area contributed by atoms with Crippen molar-refractivity contribution in [3.05, 3.63) is 0 Å². The number of ether oxygens (including phenoxy) is 1. The molecule has 0 spiro atoms. The van der Waals surface area contributed by atoms with Crippen molar-refractivity contribution < 1.29 is 14.3 Å². The largest absolute Gasteiger partial charge is 0.449 e. The highest BCUT2D eigenvalue weighted by Crippen LogP contribution is 2.15. The fourth-order valence-electron chi connectivity index (χ4n) is 1.67. The van der Waals surface area contributed by atoms with Crippen LogP contribution in [0.3, 0.4) is 0 Å². The molecule has 1 saturated heterocycles. The molecule has 0 saturated carbocycles. The lowest BCUT2D eigenvalue weighted by Crippen LogP contribution is -2.51. The second-order valence-corrected chi connectivity index (χ2v) is 3.60. The van der Waals surface area contributed by atoms with E-state index in [1.165, 1.54) is 0 Å². The number of carbonyl (C=O) groups is 2. The second kappa shape index (κ2) is 6.27. The van der Waals surface area contributed by atoms with Gasteiger partial charge in [0.1, 0.15) is 6.17 Å². The second-order valence-electron chi connectivity index (χ2n) is 3.60. The average molecular weight is 214 g/mol. The molecule has 2 amide bonds. The number of likely N-dealkylation sites (tertiary alicyclic amines) is 1. The van der Waals surface area contributed by atoms with Gasteiger partial charge in [0.2, 0.25) is 6.41 Å². The first-order valence-electron chi connectivity index (χ1n) is 5.42. The molecule has 15 heavy (non-hydrogen) atoms. The van der Waals surface area contributed by atoms with E-state index in [1.807, 2.05) is 6.92 Å². The molecule has 0 aromatic carbocycles. The Kier molecular flexibility index (Phi) is 4.93. The standard InChI is InChI=1S/C10H18N2O3/c1-2-7-15-10(14)12-6-4-3-5-9(12)11-8-13/h8-9H,2-7H2,1H3,(H,11,13). The lowest BCUT2D eigenvalue weighted by atomic mass is 10.1. The molecular weight excluding hydrogens is 196 g/mol. The van der Waals surface area contributed by atoms with Crippen molar-refractivity contribution in [2.45, 2.75) is 38.8 Å². The third kappa shape index (κ3) is 3.42. The fraction of sp³-hybridized carbons (Fsp3) is 0.800. The molecule has 1 fully saturated rings. The molecule has 1 rings (SSSR count). The fourth-order valence-corrected chi connectivity index (χ4v) is 1.67. The summed E-state index contributed by atoms with van der Waals surface area (Å²) in [5.41, 5.74) is 0. The van der Waals surface area contributed by atoms with Crippen LogP contribution in [-0.4, -0.2) is 36.7 Å². The van der Waals surface area contributed by atoms with Crippen molar-refractivity contribution in [1.82, 2.24) is 10.2 Å². The van der Waals surface area contributed by atoms with Gasteiger partial charge in [-0.2, -0.15) is 0 Å². The highest BCUT2D eigenvalue weighted by molar-refractivity contribution is 5.68. The minimum atomic E-state index is -0.323. The van der Waals surface area contributed by atoms with E-state index in [0.29, 0.717) is 19.6 Å². The van der Waals surface area contributed by atoms with E-state index in [9.17, 15) is 9.59 Å². The molecule has 1 aliphatic rings. The molecule has 0 aromatic heterocycles. The van der Waals surface area contributed by atoms with Crippen LogP contribution in [0.15, 0.2) is 0 Å². The van der Waals surface area contributed by atoms with E-state index in [1.54, 1.807) is 4.90 Å². The maximum absolute atomic E-state index is 11.6. The van der Waals surface area contributed by atoms with Crippen LogP contribution in [-0.2, 0) is 9.53 Å². The van der Waals surface area contributed by atoms with E-state index < -0.39 is 0 Å². The quantitative estimate of drug-likeness (QED) is 0.713. The predicted octanol–water partition coefficient (Wildman–Crippen LogP) is 1.09. The Morgan fingerprint density at radius 1 is 1.60 bits per heavy atom. The summed E-state index contributed by atoms with van der Waals surface area (Å²) in [6.07, 6.45) is 3.74. The molecule has 1 heterocycles. The summed E-state index contributed by atoms with van der Waals surface area (Å²) in [5, 5.41) is 2.64. The number of hydrogen-bond donors (Lipinski definition) is 1. The van der Waals surface area contributed by atoms with Crippen molar-refractivity contribution in [3.63, 3.8) is 0 Å². The summed E-state index contributed by atoms with van der Waals surface area (Å²) < 4.78 is 5.04. The number of piperidine rings is 1. The van der Waals surface area contributed by atoms with Crippen LogP contribution >= 0.6 is 0 Å². The molecular formula is C10H18N2O3. The monoisotopic (exact) mass is 214 g/mol. The molecule has 1 aliphatic heterocycles. The van der Waals surface area contributed by atoms with Gasteiger partial charge in [-0.1, -0.05) is 6.92 Å². The van der Waals surface area contributed by atoms with E-state index in [-0.39, 0.29) is 12.3 Å². The first-order valence-corrected chi connectivity index (χ1v) is 5.42. The average Bonchev–Trinajstić information content (AvgIpc) is 2.27. The highest BCUT2D eigenvalue weighted by Gasteiger charge is 2.26. The van der Waals surface area contributed by atoms with Crippen molar-refractivity contribution in [2.75, 3.05) is 13.2 Å². The lowest BCUT2D eigenvalue weighted by molar-refractivity contribution is -0.111. The van der Waals surface area contributed by atoms with Gasteiger partial charge in [-0.3, -0.25) is 9.69 Å². The summed E-state index contributed by atoms with van der Waals surface area (Å²) in [4.78, 5) is 23.5. The van der Waals surface area contributed by atoms with Gasteiger partial charge in [0.05, 0.1) is 6.61 Å². The van der Waals surface area contributed by atoms with Crippen LogP contribution in [0.5, 0.6) is 0 Å². The van der Waals surface area contributed by atoms with E-state index in [2.05, 4.69) is 5.32 Å². The van der Waals surface area contributed by atoms with Gasteiger partial charge in [0.25, 0.3) is 0 Å².